The summed E-state index contributed by atoms with van der Waals surface area (Å²) >= 11 is 5.78. The molecule has 3 nitrogen and oxygen atoms in total. The summed E-state index contributed by atoms with van der Waals surface area (Å²) in [5.41, 5.74) is 1.07. The molecule has 1 aromatic heterocycles. The molecular formula is C15H15ClNO2+. The van der Waals surface area contributed by atoms with Crippen molar-refractivity contribution in [3.05, 3.63) is 66.0 Å². The van der Waals surface area contributed by atoms with E-state index in [1.54, 1.807) is 35.3 Å². The Kier molecular flexibility index (Phi) is 4.81. The van der Waals surface area contributed by atoms with Crippen LogP contribution in [0.2, 0.25) is 5.02 Å². The molecule has 0 amide bonds. The molecule has 0 aliphatic carbocycles. The molecule has 0 spiro atoms. The van der Waals surface area contributed by atoms with Gasteiger partial charge >= 0.3 is 0 Å². The molecule has 1 heterocycles. The van der Waals surface area contributed by atoms with E-state index in [1.807, 2.05) is 24.3 Å². The molecule has 0 aliphatic rings. The minimum absolute atomic E-state index is 0.454. The molecule has 0 saturated carbocycles. The molecule has 98 valence electrons. The number of nitrogens with zero attached hydrogens (tertiary/aromatic N) is 1. The van der Waals surface area contributed by atoms with Gasteiger partial charge in [0.15, 0.2) is 6.61 Å². The first-order valence-corrected chi connectivity index (χ1v) is 6.31. The lowest BCUT2D eigenvalue weighted by molar-refractivity contribution is -0.891. The van der Waals surface area contributed by atoms with Gasteiger partial charge in [0.1, 0.15) is 12.4 Å². The summed E-state index contributed by atoms with van der Waals surface area (Å²) in [6.45, 7) is 4.63. The van der Waals surface area contributed by atoms with Crippen molar-refractivity contribution in [2.45, 2.75) is 0 Å². The van der Waals surface area contributed by atoms with E-state index >= 15 is 0 Å². The van der Waals surface area contributed by atoms with Crippen molar-refractivity contribution < 1.29 is 14.3 Å². The van der Waals surface area contributed by atoms with E-state index in [0.29, 0.717) is 18.2 Å². The topological polar surface area (TPSA) is 22.3 Å². The average Bonchev–Trinajstić information content (AvgIpc) is 2.46. The van der Waals surface area contributed by atoms with Crippen LogP contribution in [-0.4, -0.2) is 13.2 Å². The molecule has 0 bridgehead atoms. The van der Waals surface area contributed by atoms with Gasteiger partial charge in [0.05, 0.1) is 5.02 Å². The maximum absolute atomic E-state index is 5.78. The van der Waals surface area contributed by atoms with E-state index in [4.69, 9.17) is 21.2 Å². The lowest BCUT2D eigenvalue weighted by Crippen LogP contribution is -2.43. The number of ether oxygens (including phenoxy) is 1. The Hall–Kier alpha value is -2.00. The SMILES string of the molecule is C=Cc1ccc(OCCO[n+]2ccc(Cl)cc2)cc1. The van der Waals surface area contributed by atoms with E-state index in [2.05, 4.69) is 6.58 Å². The standard InChI is InChI=1S/C15H15ClNO2/c1-2-13-3-5-15(6-4-13)18-11-12-19-17-9-7-14(16)8-10-17/h2-10H,1,11-12H2/q+1. The highest BCUT2D eigenvalue weighted by Crippen LogP contribution is 2.12. The van der Waals surface area contributed by atoms with Gasteiger partial charge in [-0.25, -0.2) is 0 Å². The van der Waals surface area contributed by atoms with E-state index in [1.165, 1.54) is 0 Å². The van der Waals surface area contributed by atoms with Gasteiger partial charge in [0, 0.05) is 16.9 Å². The van der Waals surface area contributed by atoms with Gasteiger partial charge in [0.2, 0.25) is 12.4 Å². The number of hydrogen-bond donors (Lipinski definition) is 0. The summed E-state index contributed by atoms with van der Waals surface area (Å²) in [6, 6.07) is 11.3. The van der Waals surface area contributed by atoms with E-state index in [-0.39, 0.29) is 0 Å². The zero-order valence-electron chi connectivity index (χ0n) is 10.5. The van der Waals surface area contributed by atoms with Crippen molar-refractivity contribution in [2.24, 2.45) is 0 Å². The number of hydrogen-bond acceptors (Lipinski definition) is 2. The Morgan fingerprint density at radius 3 is 2.37 bits per heavy atom. The summed E-state index contributed by atoms with van der Waals surface area (Å²) < 4.78 is 7.15. The van der Waals surface area contributed by atoms with Gasteiger partial charge in [0.25, 0.3) is 0 Å². The van der Waals surface area contributed by atoms with Crippen molar-refractivity contribution in [3.63, 3.8) is 0 Å². The van der Waals surface area contributed by atoms with Crippen LogP contribution in [0.3, 0.4) is 0 Å². The van der Waals surface area contributed by atoms with Crippen molar-refractivity contribution >= 4 is 17.7 Å². The Morgan fingerprint density at radius 1 is 1.05 bits per heavy atom. The van der Waals surface area contributed by atoms with Crippen LogP contribution in [0.15, 0.2) is 55.4 Å². The molecule has 2 aromatic rings. The fourth-order valence-corrected chi connectivity index (χ4v) is 1.60. The summed E-state index contributed by atoms with van der Waals surface area (Å²) in [5.74, 6) is 0.815. The van der Waals surface area contributed by atoms with Gasteiger partial charge in [-0.15, -0.1) is 0 Å². The van der Waals surface area contributed by atoms with Crippen molar-refractivity contribution in [3.8, 4) is 5.75 Å². The second-order valence-corrected chi connectivity index (χ2v) is 4.27. The lowest BCUT2D eigenvalue weighted by Gasteiger charge is -2.04. The monoisotopic (exact) mass is 276 g/mol. The molecule has 0 saturated heterocycles. The minimum atomic E-state index is 0.454. The first kappa shape index (κ1) is 13.4. The molecule has 0 atom stereocenters. The Labute approximate surface area is 117 Å². The molecule has 2 rings (SSSR count). The van der Waals surface area contributed by atoms with Crippen molar-refractivity contribution in [1.29, 1.82) is 0 Å². The van der Waals surface area contributed by atoms with Gasteiger partial charge in [-0.3, -0.25) is 4.84 Å². The van der Waals surface area contributed by atoms with Gasteiger partial charge in [-0.1, -0.05) is 36.4 Å². The molecule has 1 aromatic carbocycles. The third kappa shape index (κ3) is 4.30. The highest BCUT2D eigenvalue weighted by atomic mass is 35.5. The molecule has 4 heteroatoms. The predicted molar refractivity (Wildman–Crippen MR) is 75.1 cm³/mol. The van der Waals surface area contributed by atoms with Gasteiger partial charge in [-0.2, -0.15) is 0 Å². The number of pyridine rings is 1. The smallest absolute Gasteiger partial charge is 0.223 e. The van der Waals surface area contributed by atoms with Gasteiger partial charge < -0.3 is 4.74 Å². The molecule has 0 unspecified atom stereocenters. The highest BCUT2D eigenvalue weighted by Gasteiger charge is 2.01. The molecule has 0 fully saturated rings. The van der Waals surface area contributed by atoms with Crippen LogP contribution in [0.4, 0.5) is 0 Å². The average molecular weight is 277 g/mol. The lowest BCUT2D eigenvalue weighted by atomic mass is 10.2. The first-order valence-electron chi connectivity index (χ1n) is 5.93. The Morgan fingerprint density at radius 2 is 1.74 bits per heavy atom. The second kappa shape index (κ2) is 6.81. The number of rotatable bonds is 6. The van der Waals surface area contributed by atoms with Crippen LogP contribution in [0, 0.1) is 0 Å². The molecule has 19 heavy (non-hydrogen) atoms. The van der Waals surface area contributed by atoms with Crippen LogP contribution >= 0.6 is 11.6 Å². The Balaban J connectivity index is 1.74. The van der Waals surface area contributed by atoms with Gasteiger partial charge in [-0.05, 0) is 17.7 Å². The zero-order valence-corrected chi connectivity index (χ0v) is 11.2. The molecule has 0 radical (unpaired) electrons. The van der Waals surface area contributed by atoms with E-state index in [9.17, 15) is 0 Å². The third-order valence-corrected chi connectivity index (χ3v) is 2.72. The second-order valence-electron chi connectivity index (χ2n) is 3.83. The number of benzene rings is 1. The molecule has 0 aliphatic heterocycles. The quantitative estimate of drug-likeness (QED) is 0.598. The van der Waals surface area contributed by atoms with Crippen LogP contribution in [0.5, 0.6) is 5.75 Å². The normalized spacial score (nSPS) is 9.95. The van der Waals surface area contributed by atoms with Crippen LogP contribution in [0.25, 0.3) is 6.08 Å². The number of halogens is 1. The minimum Gasteiger partial charge on any atom is -0.490 e. The fourth-order valence-electron chi connectivity index (χ4n) is 1.48. The maximum Gasteiger partial charge on any atom is 0.223 e. The summed E-state index contributed by atoms with van der Waals surface area (Å²) in [4.78, 5) is 5.44. The zero-order chi connectivity index (χ0) is 13.5. The fraction of sp³-hybridized carbons (Fsp3) is 0.133. The summed E-state index contributed by atoms with van der Waals surface area (Å²) in [5, 5.41) is 0.679. The van der Waals surface area contributed by atoms with Crippen molar-refractivity contribution in [2.75, 3.05) is 13.2 Å². The molecule has 0 N–H and O–H groups in total. The largest absolute Gasteiger partial charge is 0.490 e. The van der Waals surface area contributed by atoms with Crippen LogP contribution in [-0.2, 0) is 0 Å². The molecular weight excluding hydrogens is 262 g/mol. The predicted octanol–water partition coefficient (Wildman–Crippen LogP) is 2.78. The van der Waals surface area contributed by atoms with E-state index in [0.717, 1.165) is 11.3 Å². The number of aromatic nitrogens is 1. The highest BCUT2D eigenvalue weighted by molar-refractivity contribution is 6.30. The van der Waals surface area contributed by atoms with Crippen LogP contribution < -0.4 is 14.3 Å². The van der Waals surface area contributed by atoms with Crippen LogP contribution in [0.1, 0.15) is 5.56 Å². The summed E-state index contributed by atoms with van der Waals surface area (Å²) in [6.07, 6.45) is 5.30. The Bertz CT molecular complexity index is 523. The maximum atomic E-state index is 5.78. The third-order valence-electron chi connectivity index (χ3n) is 2.47. The van der Waals surface area contributed by atoms with Crippen molar-refractivity contribution in [1.82, 2.24) is 0 Å². The first-order chi connectivity index (χ1) is 9.28. The summed E-state index contributed by atoms with van der Waals surface area (Å²) in [7, 11) is 0. The van der Waals surface area contributed by atoms with E-state index < -0.39 is 0 Å².